The third-order valence-corrected chi connectivity index (χ3v) is 6.42. The number of para-hydroxylation sites is 1. The van der Waals surface area contributed by atoms with Gasteiger partial charge in [-0.05, 0) is 54.6 Å². The molecule has 0 saturated heterocycles. The van der Waals surface area contributed by atoms with E-state index in [0.717, 1.165) is 40.7 Å². The van der Waals surface area contributed by atoms with Crippen LogP contribution in [0.2, 0.25) is 5.02 Å². The van der Waals surface area contributed by atoms with Gasteiger partial charge >= 0.3 is 6.18 Å². The molecule has 3 rings (SSSR count). The number of carbonyl (C=O) groups excluding carboxylic acids is 1. The van der Waals surface area contributed by atoms with Gasteiger partial charge in [0.2, 0.25) is 5.91 Å². The van der Waals surface area contributed by atoms with Gasteiger partial charge in [-0.15, -0.1) is 0 Å². The Morgan fingerprint density at radius 2 is 1.59 bits per heavy atom. The zero-order chi connectivity index (χ0) is 23.5. The molecule has 32 heavy (non-hydrogen) atoms. The van der Waals surface area contributed by atoms with E-state index in [1.54, 1.807) is 18.2 Å². The van der Waals surface area contributed by atoms with Crippen LogP contribution in [0.15, 0.2) is 77.7 Å². The number of benzene rings is 3. The maximum Gasteiger partial charge on any atom is 0.416 e. The molecule has 0 aliphatic rings. The molecule has 0 unspecified atom stereocenters. The Hall–Kier alpha value is -3.11. The van der Waals surface area contributed by atoms with Crippen LogP contribution in [0.5, 0.6) is 0 Å². The minimum Gasteiger partial charge on any atom is -0.323 e. The molecule has 0 aliphatic carbocycles. The summed E-state index contributed by atoms with van der Waals surface area (Å²) >= 11 is 5.90. The number of alkyl halides is 3. The van der Waals surface area contributed by atoms with Crippen molar-refractivity contribution >= 4 is 38.9 Å². The van der Waals surface area contributed by atoms with Gasteiger partial charge in [-0.25, -0.2) is 12.8 Å². The van der Waals surface area contributed by atoms with Gasteiger partial charge in [0.25, 0.3) is 10.0 Å². The molecule has 11 heteroatoms. The predicted octanol–water partition coefficient (Wildman–Crippen LogP) is 5.33. The summed E-state index contributed by atoms with van der Waals surface area (Å²) in [6.45, 7) is -0.768. The Bertz CT molecular complexity index is 1220. The maximum atomic E-state index is 13.2. The molecule has 0 bridgehead atoms. The molecule has 0 saturated carbocycles. The topological polar surface area (TPSA) is 66.5 Å². The van der Waals surface area contributed by atoms with Gasteiger partial charge in [0.05, 0.1) is 26.9 Å². The zero-order valence-corrected chi connectivity index (χ0v) is 17.7. The van der Waals surface area contributed by atoms with Crippen LogP contribution in [0.4, 0.5) is 28.9 Å². The Morgan fingerprint density at radius 1 is 0.969 bits per heavy atom. The lowest BCUT2D eigenvalue weighted by atomic mass is 10.2. The number of nitrogens with zero attached hydrogens (tertiary/aromatic N) is 1. The Kier molecular flexibility index (Phi) is 6.75. The van der Waals surface area contributed by atoms with E-state index in [0.29, 0.717) is 6.07 Å². The minimum atomic E-state index is -4.66. The standard InChI is InChI=1S/C21H15ClF4N2O3S/c22-18-11-6-14(21(24,25)26)12-19(18)27-20(29)13-28(16-4-2-1-3-5-16)32(30,31)17-9-7-15(23)8-10-17/h1-12H,13H2,(H,27,29). The molecule has 0 spiro atoms. The minimum absolute atomic E-state index is 0.127. The Morgan fingerprint density at radius 3 is 2.19 bits per heavy atom. The third-order valence-electron chi connectivity index (χ3n) is 4.30. The van der Waals surface area contributed by atoms with Gasteiger partial charge in [-0.1, -0.05) is 29.8 Å². The monoisotopic (exact) mass is 486 g/mol. The smallest absolute Gasteiger partial charge is 0.323 e. The summed E-state index contributed by atoms with van der Waals surface area (Å²) in [6.07, 6.45) is -4.66. The van der Waals surface area contributed by atoms with Crippen molar-refractivity contribution in [2.75, 3.05) is 16.2 Å². The number of sulfonamides is 1. The zero-order valence-electron chi connectivity index (χ0n) is 16.1. The molecule has 0 heterocycles. The van der Waals surface area contributed by atoms with Gasteiger partial charge in [0, 0.05) is 0 Å². The quantitative estimate of drug-likeness (QED) is 0.479. The first-order valence-corrected chi connectivity index (χ1v) is 10.8. The highest BCUT2D eigenvalue weighted by molar-refractivity contribution is 7.92. The number of halogens is 5. The average molecular weight is 487 g/mol. The van der Waals surface area contributed by atoms with E-state index in [1.165, 1.54) is 12.1 Å². The van der Waals surface area contributed by atoms with E-state index >= 15 is 0 Å². The van der Waals surface area contributed by atoms with Crippen LogP contribution in [0.3, 0.4) is 0 Å². The van der Waals surface area contributed by atoms with Gasteiger partial charge in [-0.3, -0.25) is 9.10 Å². The number of nitrogens with one attached hydrogen (secondary N) is 1. The largest absolute Gasteiger partial charge is 0.416 e. The molecule has 168 valence electrons. The normalized spacial score (nSPS) is 11.8. The van der Waals surface area contributed by atoms with Crippen LogP contribution in [0.25, 0.3) is 0 Å². The average Bonchev–Trinajstić information content (AvgIpc) is 2.73. The highest BCUT2D eigenvalue weighted by Gasteiger charge is 2.32. The summed E-state index contributed by atoms with van der Waals surface area (Å²) in [7, 11) is -4.31. The first-order chi connectivity index (χ1) is 15.0. The molecule has 0 fully saturated rings. The van der Waals surface area contributed by atoms with E-state index in [4.69, 9.17) is 11.6 Å². The van der Waals surface area contributed by atoms with Crippen molar-refractivity contribution in [1.29, 1.82) is 0 Å². The lowest BCUT2D eigenvalue weighted by molar-refractivity contribution is -0.137. The molecule has 3 aromatic rings. The molecule has 0 aromatic heterocycles. The van der Waals surface area contributed by atoms with E-state index in [9.17, 15) is 30.8 Å². The van der Waals surface area contributed by atoms with Gasteiger partial charge < -0.3 is 5.32 Å². The maximum absolute atomic E-state index is 13.2. The van der Waals surface area contributed by atoms with Crippen molar-refractivity contribution in [3.05, 3.63) is 89.2 Å². The van der Waals surface area contributed by atoms with Gasteiger partial charge in [-0.2, -0.15) is 13.2 Å². The molecule has 1 amide bonds. The van der Waals surface area contributed by atoms with Crippen LogP contribution >= 0.6 is 11.6 Å². The Balaban J connectivity index is 1.93. The summed E-state index contributed by atoms with van der Waals surface area (Å²) < 4.78 is 79.2. The molecule has 0 radical (unpaired) electrons. The van der Waals surface area contributed by atoms with Gasteiger partial charge in [0.15, 0.2) is 0 Å². The highest BCUT2D eigenvalue weighted by atomic mass is 35.5. The number of hydrogen-bond donors (Lipinski definition) is 1. The second kappa shape index (κ2) is 9.17. The van der Waals surface area contributed by atoms with E-state index < -0.39 is 40.0 Å². The van der Waals surface area contributed by atoms with Crippen LogP contribution in [0, 0.1) is 5.82 Å². The summed E-state index contributed by atoms with van der Waals surface area (Å²) in [4.78, 5) is 12.4. The third kappa shape index (κ3) is 5.38. The van der Waals surface area contributed by atoms with Crippen molar-refractivity contribution in [2.45, 2.75) is 11.1 Å². The molecular formula is C21H15ClF4N2O3S. The second-order valence-electron chi connectivity index (χ2n) is 6.54. The SMILES string of the molecule is O=C(CN(c1ccccc1)S(=O)(=O)c1ccc(F)cc1)Nc1cc(C(F)(F)F)ccc1Cl. The van der Waals surface area contributed by atoms with Crippen LogP contribution in [-0.2, 0) is 21.0 Å². The van der Waals surface area contributed by atoms with Crippen LogP contribution in [0.1, 0.15) is 5.56 Å². The fourth-order valence-electron chi connectivity index (χ4n) is 2.76. The molecular weight excluding hydrogens is 472 g/mol. The van der Waals surface area contributed by atoms with Crippen LogP contribution < -0.4 is 9.62 Å². The van der Waals surface area contributed by atoms with Crippen molar-refractivity contribution in [1.82, 2.24) is 0 Å². The van der Waals surface area contributed by atoms with E-state index in [-0.39, 0.29) is 21.3 Å². The summed E-state index contributed by atoms with van der Waals surface area (Å²) in [5.41, 5.74) is -1.23. The molecule has 5 nitrogen and oxygen atoms in total. The number of rotatable bonds is 6. The highest BCUT2D eigenvalue weighted by Crippen LogP contribution is 2.34. The van der Waals surface area contributed by atoms with Crippen molar-refractivity contribution in [3.8, 4) is 0 Å². The fourth-order valence-corrected chi connectivity index (χ4v) is 4.35. The van der Waals surface area contributed by atoms with Crippen LogP contribution in [-0.4, -0.2) is 20.9 Å². The number of amides is 1. The number of carbonyl (C=O) groups is 1. The second-order valence-corrected chi connectivity index (χ2v) is 8.81. The first kappa shape index (κ1) is 23.6. The summed E-state index contributed by atoms with van der Waals surface area (Å²) in [6, 6.07) is 14.0. The molecule has 0 atom stereocenters. The van der Waals surface area contributed by atoms with Crippen molar-refractivity contribution in [2.24, 2.45) is 0 Å². The number of hydrogen-bond acceptors (Lipinski definition) is 3. The fraction of sp³-hybridized carbons (Fsp3) is 0.0952. The summed E-state index contributed by atoms with van der Waals surface area (Å²) in [5, 5.41) is 2.06. The molecule has 1 N–H and O–H groups in total. The molecule has 0 aliphatic heterocycles. The first-order valence-electron chi connectivity index (χ1n) is 8.98. The number of anilines is 2. The summed E-state index contributed by atoms with van der Waals surface area (Å²) in [5.74, 6) is -1.58. The van der Waals surface area contributed by atoms with Gasteiger partial charge in [0.1, 0.15) is 12.4 Å². The lowest BCUT2D eigenvalue weighted by Gasteiger charge is -2.24. The van der Waals surface area contributed by atoms with E-state index in [1.807, 2.05) is 0 Å². The van der Waals surface area contributed by atoms with E-state index in [2.05, 4.69) is 5.32 Å². The van der Waals surface area contributed by atoms with Crippen molar-refractivity contribution < 1.29 is 30.8 Å². The predicted molar refractivity (Wildman–Crippen MR) is 112 cm³/mol. The van der Waals surface area contributed by atoms with Crippen molar-refractivity contribution in [3.63, 3.8) is 0 Å². The Labute approximate surface area is 186 Å². The lowest BCUT2D eigenvalue weighted by Crippen LogP contribution is -2.38. The molecule has 3 aromatic carbocycles.